The van der Waals surface area contributed by atoms with E-state index in [0.29, 0.717) is 13.0 Å². The number of carbonyl (C=O) groups is 2. The number of carbonyl (C=O) groups excluding carboxylic acids is 2. The monoisotopic (exact) mass is 379 g/mol. The van der Waals surface area contributed by atoms with E-state index in [1.54, 1.807) is 4.90 Å². The van der Waals surface area contributed by atoms with Crippen molar-refractivity contribution in [3.8, 4) is 0 Å². The van der Waals surface area contributed by atoms with Crippen LogP contribution in [0.4, 0.5) is 0 Å². The highest BCUT2D eigenvalue weighted by molar-refractivity contribution is 5.97. The molecule has 156 valence electrons. The molecule has 1 atom stereocenters. The molecule has 2 aliphatic rings. The Morgan fingerprint density at radius 2 is 1.63 bits per heavy atom. The lowest BCUT2D eigenvalue weighted by atomic mass is 9.86. The number of nitrogens with zero attached hydrogens (tertiary/aromatic N) is 1. The van der Waals surface area contributed by atoms with Crippen LogP contribution in [0.15, 0.2) is 0 Å². The largest absolute Gasteiger partial charge is 0.330 e. The molecule has 2 fully saturated rings. The van der Waals surface area contributed by atoms with Crippen molar-refractivity contribution < 1.29 is 9.59 Å². The van der Waals surface area contributed by atoms with Crippen molar-refractivity contribution in [2.75, 3.05) is 19.6 Å². The summed E-state index contributed by atoms with van der Waals surface area (Å²) in [7, 11) is 0. The molecule has 5 heteroatoms. The lowest BCUT2D eigenvalue weighted by molar-refractivity contribution is -0.146. The highest BCUT2D eigenvalue weighted by Gasteiger charge is 2.29. The van der Waals surface area contributed by atoms with Crippen LogP contribution in [0, 0.1) is 5.92 Å². The number of hydrogen-bond donors (Lipinski definition) is 2. The fourth-order valence-corrected chi connectivity index (χ4v) is 4.53. The number of piperidine rings is 1. The van der Waals surface area contributed by atoms with Gasteiger partial charge in [0.2, 0.25) is 11.8 Å². The zero-order valence-electron chi connectivity index (χ0n) is 17.2. The number of amides is 2. The molecule has 0 aromatic rings. The molecule has 0 aromatic carbocycles. The van der Waals surface area contributed by atoms with Gasteiger partial charge in [0.15, 0.2) is 0 Å². The van der Waals surface area contributed by atoms with Gasteiger partial charge in [-0.3, -0.25) is 14.5 Å². The molecular weight excluding hydrogens is 338 g/mol. The minimum atomic E-state index is -0.162. The van der Waals surface area contributed by atoms with Crippen molar-refractivity contribution in [2.24, 2.45) is 11.7 Å². The van der Waals surface area contributed by atoms with Gasteiger partial charge in [-0.2, -0.15) is 0 Å². The normalized spacial score (nSPS) is 21.1. The quantitative estimate of drug-likeness (QED) is 0.536. The number of nitrogens with two attached hydrogens (primary N) is 1. The first kappa shape index (κ1) is 22.4. The van der Waals surface area contributed by atoms with Gasteiger partial charge in [-0.25, -0.2) is 0 Å². The average molecular weight is 380 g/mol. The molecule has 1 aliphatic carbocycles. The van der Waals surface area contributed by atoms with Gasteiger partial charge in [0.05, 0.1) is 6.04 Å². The molecule has 3 N–H and O–H groups in total. The molecule has 1 saturated carbocycles. The highest BCUT2D eigenvalue weighted by atomic mass is 16.2. The van der Waals surface area contributed by atoms with Crippen LogP contribution in [0.25, 0.3) is 0 Å². The Balaban J connectivity index is 1.80. The Morgan fingerprint density at radius 3 is 2.33 bits per heavy atom. The van der Waals surface area contributed by atoms with Crippen molar-refractivity contribution in [1.82, 2.24) is 10.2 Å². The molecule has 0 bridgehead atoms. The predicted molar refractivity (Wildman–Crippen MR) is 110 cm³/mol. The van der Waals surface area contributed by atoms with Gasteiger partial charge in [0.1, 0.15) is 0 Å². The number of nitrogens with one attached hydrogen (secondary N) is 1. The SMILES string of the molecule is NCCCCCCN(C(=O)CCCC1CCCCC1)C(=O)C1CCCCN1. The standard InChI is InChI=1S/C22H41N3O2/c23-16-7-1-2-9-18-25(22(27)20-14-6-8-17-24-20)21(26)15-10-13-19-11-4-3-5-12-19/h19-20,24H,1-18,23H2. The van der Waals surface area contributed by atoms with Crippen LogP contribution in [0.2, 0.25) is 0 Å². The van der Waals surface area contributed by atoms with Gasteiger partial charge in [0, 0.05) is 13.0 Å². The highest BCUT2D eigenvalue weighted by Crippen LogP contribution is 2.27. The molecule has 0 spiro atoms. The second-order valence-electron chi connectivity index (χ2n) is 8.49. The van der Waals surface area contributed by atoms with E-state index in [4.69, 9.17) is 5.73 Å². The van der Waals surface area contributed by atoms with Crippen LogP contribution in [0.3, 0.4) is 0 Å². The van der Waals surface area contributed by atoms with E-state index >= 15 is 0 Å². The van der Waals surface area contributed by atoms with Crippen LogP contribution in [-0.4, -0.2) is 42.4 Å². The van der Waals surface area contributed by atoms with Crippen LogP contribution >= 0.6 is 0 Å². The molecule has 0 radical (unpaired) electrons. The molecule has 1 heterocycles. The van der Waals surface area contributed by atoms with E-state index in [2.05, 4.69) is 5.32 Å². The summed E-state index contributed by atoms with van der Waals surface area (Å²) < 4.78 is 0. The summed E-state index contributed by atoms with van der Waals surface area (Å²) in [5.41, 5.74) is 5.55. The predicted octanol–water partition coefficient (Wildman–Crippen LogP) is 3.75. The Morgan fingerprint density at radius 1 is 0.889 bits per heavy atom. The van der Waals surface area contributed by atoms with Gasteiger partial charge in [0.25, 0.3) is 0 Å². The summed E-state index contributed by atoms with van der Waals surface area (Å²) in [6, 6.07) is -0.162. The summed E-state index contributed by atoms with van der Waals surface area (Å²) in [6.07, 6.45) is 16.4. The van der Waals surface area contributed by atoms with E-state index in [1.165, 1.54) is 32.1 Å². The Kier molecular flexibility index (Phi) is 11.0. The van der Waals surface area contributed by atoms with Crippen LogP contribution in [-0.2, 0) is 9.59 Å². The number of hydrogen-bond acceptors (Lipinski definition) is 4. The summed E-state index contributed by atoms with van der Waals surface area (Å²) in [5, 5.41) is 3.31. The van der Waals surface area contributed by atoms with E-state index in [9.17, 15) is 9.59 Å². The molecular formula is C22H41N3O2. The molecule has 2 rings (SSSR count). The number of imide groups is 1. The molecule has 1 aliphatic heterocycles. The third-order valence-electron chi connectivity index (χ3n) is 6.24. The lowest BCUT2D eigenvalue weighted by Gasteiger charge is -2.29. The molecule has 2 amide bonds. The average Bonchev–Trinajstić information content (AvgIpc) is 2.71. The van der Waals surface area contributed by atoms with Crippen molar-refractivity contribution in [3.63, 3.8) is 0 Å². The van der Waals surface area contributed by atoms with Crippen LogP contribution in [0.1, 0.15) is 96.3 Å². The third kappa shape index (κ3) is 8.30. The fourth-order valence-electron chi connectivity index (χ4n) is 4.53. The molecule has 1 unspecified atom stereocenters. The Hall–Kier alpha value is -0.940. The summed E-state index contributed by atoms with van der Waals surface area (Å²) in [5.74, 6) is 0.852. The number of rotatable bonds is 11. The van der Waals surface area contributed by atoms with E-state index in [1.807, 2.05) is 0 Å². The Labute approximate surface area is 165 Å². The summed E-state index contributed by atoms with van der Waals surface area (Å²) in [6.45, 7) is 2.18. The smallest absolute Gasteiger partial charge is 0.246 e. The van der Waals surface area contributed by atoms with Crippen LogP contribution < -0.4 is 11.1 Å². The third-order valence-corrected chi connectivity index (χ3v) is 6.24. The first-order chi connectivity index (χ1) is 13.2. The summed E-state index contributed by atoms with van der Waals surface area (Å²) >= 11 is 0. The fraction of sp³-hybridized carbons (Fsp3) is 0.909. The maximum Gasteiger partial charge on any atom is 0.246 e. The zero-order valence-corrected chi connectivity index (χ0v) is 17.2. The van der Waals surface area contributed by atoms with E-state index < -0.39 is 0 Å². The molecule has 5 nitrogen and oxygen atoms in total. The molecule has 1 saturated heterocycles. The maximum atomic E-state index is 12.9. The van der Waals surface area contributed by atoms with Gasteiger partial charge < -0.3 is 11.1 Å². The van der Waals surface area contributed by atoms with E-state index in [0.717, 1.165) is 76.8 Å². The topological polar surface area (TPSA) is 75.4 Å². The van der Waals surface area contributed by atoms with Gasteiger partial charge >= 0.3 is 0 Å². The zero-order chi connectivity index (χ0) is 19.3. The van der Waals surface area contributed by atoms with Crippen molar-refractivity contribution >= 4 is 11.8 Å². The minimum absolute atomic E-state index is 0.0104. The van der Waals surface area contributed by atoms with Gasteiger partial charge in [-0.1, -0.05) is 51.4 Å². The second kappa shape index (κ2) is 13.3. The van der Waals surface area contributed by atoms with Crippen molar-refractivity contribution in [3.05, 3.63) is 0 Å². The van der Waals surface area contributed by atoms with Gasteiger partial charge in [-0.15, -0.1) is 0 Å². The van der Waals surface area contributed by atoms with Crippen molar-refractivity contribution in [1.29, 1.82) is 0 Å². The second-order valence-corrected chi connectivity index (χ2v) is 8.49. The minimum Gasteiger partial charge on any atom is -0.330 e. The molecule has 0 aromatic heterocycles. The molecule has 27 heavy (non-hydrogen) atoms. The van der Waals surface area contributed by atoms with Crippen molar-refractivity contribution in [2.45, 2.75) is 102 Å². The Bertz CT molecular complexity index is 429. The summed E-state index contributed by atoms with van der Waals surface area (Å²) in [4.78, 5) is 27.4. The van der Waals surface area contributed by atoms with Gasteiger partial charge in [-0.05, 0) is 57.5 Å². The van der Waals surface area contributed by atoms with E-state index in [-0.39, 0.29) is 17.9 Å². The maximum absolute atomic E-state index is 12.9. The first-order valence-electron chi connectivity index (χ1n) is 11.5. The first-order valence-corrected chi connectivity index (χ1v) is 11.5. The lowest BCUT2D eigenvalue weighted by Crippen LogP contribution is -2.50. The van der Waals surface area contributed by atoms with Crippen LogP contribution in [0.5, 0.6) is 0 Å². The number of unbranched alkanes of at least 4 members (excludes halogenated alkanes) is 3.